The maximum atomic E-state index is 12.6. The molecule has 3 aliphatic heterocycles. The lowest BCUT2D eigenvalue weighted by Crippen LogP contribution is -2.50. The minimum absolute atomic E-state index is 0. The predicted molar refractivity (Wildman–Crippen MR) is 101 cm³/mol. The highest BCUT2D eigenvalue weighted by Gasteiger charge is 2.31. The van der Waals surface area contributed by atoms with E-state index in [1.165, 1.54) is 6.42 Å². The summed E-state index contributed by atoms with van der Waals surface area (Å²) < 4.78 is 0. The van der Waals surface area contributed by atoms with E-state index in [2.05, 4.69) is 10.2 Å². The van der Waals surface area contributed by atoms with Gasteiger partial charge in [0.15, 0.2) is 0 Å². The van der Waals surface area contributed by atoms with E-state index in [9.17, 15) is 9.59 Å². The molecule has 0 bridgehead atoms. The van der Waals surface area contributed by atoms with Gasteiger partial charge in [-0.3, -0.25) is 14.5 Å². The minimum Gasteiger partial charge on any atom is -0.342 e. The van der Waals surface area contributed by atoms with Crippen LogP contribution in [0.1, 0.15) is 38.5 Å². The number of halogens is 1. The van der Waals surface area contributed by atoms with Crippen LogP contribution in [0.25, 0.3) is 0 Å². The number of rotatable bonds is 4. The highest BCUT2D eigenvalue weighted by atomic mass is 35.5. The minimum atomic E-state index is 0. The second-order valence-corrected chi connectivity index (χ2v) is 7.55. The molecule has 3 heterocycles. The van der Waals surface area contributed by atoms with Gasteiger partial charge in [-0.05, 0) is 52.1 Å². The van der Waals surface area contributed by atoms with Gasteiger partial charge in [0.25, 0.3) is 0 Å². The number of carbonyl (C=O) groups is 2. The van der Waals surface area contributed by atoms with E-state index >= 15 is 0 Å². The van der Waals surface area contributed by atoms with Crippen molar-refractivity contribution in [2.24, 2.45) is 5.92 Å². The van der Waals surface area contributed by atoms with Crippen molar-refractivity contribution in [2.75, 3.05) is 52.9 Å². The number of likely N-dealkylation sites (N-methyl/N-ethyl adjacent to an activating group) is 1. The van der Waals surface area contributed by atoms with Crippen molar-refractivity contribution in [1.29, 1.82) is 0 Å². The van der Waals surface area contributed by atoms with Gasteiger partial charge in [-0.2, -0.15) is 0 Å². The summed E-state index contributed by atoms with van der Waals surface area (Å²) in [4.78, 5) is 31.3. The van der Waals surface area contributed by atoms with Crippen LogP contribution in [-0.2, 0) is 9.59 Å². The maximum Gasteiger partial charge on any atom is 0.236 e. The lowest BCUT2D eigenvalue weighted by molar-refractivity contribution is -0.140. The summed E-state index contributed by atoms with van der Waals surface area (Å²) in [5, 5.41) is 3.32. The molecule has 3 aliphatic rings. The van der Waals surface area contributed by atoms with Gasteiger partial charge in [0, 0.05) is 44.7 Å². The summed E-state index contributed by atoms with van der Waals surface area (Å²) in [7, 11) is 2.00. The average molecular weight is 373 g/mol. The fourth-order valence-electron chi connectivity index (χ4n) is 4.30. The van der Waals surface area contributed by atoms with Crippen LogP contribution in [0.4, 0.5) is 0 Å². The van der Waals surface area contributed by atoms with Gasteiger partial charge in [-0.15, -0.1) is 12.4 Å². The van der Waals surface area contributed by atoms with E-state index in [-0.39, 0.29) is 24.2 Å². The molecule has 25 heavy (non-hydrogen) atoms. The molecule has 144 valence electrons. The van der Waals surface area contributed by atoms with Gasteiger partial charge < -0.3 is 15.1 Å². The Morgan fingerprint density at radius 2 is 1.60 bits per heavy atom. The number of nitrogens with zero attached hydrogens (tertiary/aromatic N) is 3. The SMILES string of the molecule is CNC1CCCN(CC(=O)N2CCC(C(=O)N3CCCC3)CC2)C1.Cl. The molecule has 0 aromatic carbocycles. The second-order valence-electron chi connectivity index (χ2n) is 7.55. The van der Waals surface area contributed by atoms with Crippen LogP contribution in [0.3, 0.4) is 0 Å². The Morgan fingerprint density at radius 3 is 2.24 bits per heavy atom. The monoisotopic (exact) mass is 372 g/mol. The zero-order valence-electron chi connectivity index (χ0n) is 15.4. The number of hydrogen-bond donors (Lipinski definition) is 1. The van der Waals surface area contributed by atoms with Crippen molar-refractivity contribution < 1.29 is 9.59 Å². The number of likely N-dealkylation sites (tertiary alicyclic amines) is 3. The standard InChI is InChI=1S/C18H32N4O2.ClH/c1-19-16-5-4-8-20(13-16)14-17(23)21-11-6-15(7-12-21)18(24)22-9-2-3-10-22;/h15-16,19H,2-14H2,1H3;1H. The van der Waals surface area contributed by atoms with Crippen LogP contribution in [0, 0.1) is 5.92 Å². The summed E-state index contributed by atoms with van der Waals surface area (Å²) in [6.07, 6.45) is 6.32. The summed E-state index contributed by atoms with van der Waals surface area (Å²) >= 11 is 0. The van der Waals surface area contributed by atoms with E-state index in [0.717, 1.165) is 71.4 Å². The first kappa shape index (κ1) is 20.5. The van der Waals surface area contributed by atoms with E-state index in [0.29, 0.717) is 18.5 Å². The summed E-state index contributed by atoms with van der Waals surface area (Å²) in [5.41, 5.74) is 0. The first-order valence-corrected chi connectivity index (χ1v) is 9.63. The van der Waals surface area contributed by atoms with E-state index in [4.69, 9.17) is 0 Å². The summed E-state index contributed by atoms with van der Waals surface area (Å²) in [5.74, 6) is 0.696. The molecule has 0 aliphatic carbocycles. The fourth-order valence-corrected chi connectivity index (χ4v) is 4.30. The lowest BCUT2D eigenvalue weighted by atomic mass is 9.95. The Kier molecular flexibility index (Phi) is 7.97. The summed E-state index contributed by atoms with van der Waals surface area (Å²) in [6, 6.07) is 0.510. The highest BCUT2D eigenvalue weighted by Crippen LogP contribution is 2.22. The van der Waals surface area contributed by atoms with E-state index in [1.54, 1.807) is 0 Å². The van der Waals surface area contributed by atoms with Gasteiger partial charge in [-0.25, -0.2) is 0 Å². The van der Waals surface area contributed by atoms with Crippen molar-refractivity contribution >= 4 is 24.2 Å². The highest BCUT2D eigenvalue weighted by molar-refractivity contribution is 5.85. The van der Waals surface area contributed by atoms with Crippen molar-refractivity contribution in [1.82, 2.24) is 20.0 Å². The van der Waals surface area contributed by atoms with Crippen molar-refractivity contribution in [2.45, 2.75) is 44.6 Å². The van der Waals surface area contributed by atoms with Crippen LogP contribution in [-0.4, -0.2) is 85.4 Å². The molecule has 3 saturated heterocycles. The van der Waals surface area contributed by atoms with Gasteiger partial charge in [-0.1, -0.05) is 0 Å². The van der Waals surface area contributed by atoms with Crippen LogP contribution in [0.15, 0.2) is 0 Å². The molecule has 1 unspecified atom stereocenters. The number of carbonyl (C=O) groups excluding carboxylic acids is 2. The Morgan fingerprint density at radius 1 is 0.920 bits per heavy atom. The third-order valence-corrected chi connectivity index (χ3v) is 5.89. The number of amides is 2. The lowest BCUT2D eigenvalue weighted by Gasteiger charge is -2.36. The molecule has 7 heteroatoms. The van der Waals surface area contributed by atoms with Gasteiger partial charge in [0.2, 0.25) is 11.8 Å². The normalized spacial score (nSPS) is 25.7. The molecule has 3 rings (SSSR count). The topological polar surface area (TPSA) is 55.9 Å². The molecule has 0 radical (unpaired) electrons. The number of hydrogen-bond acceptors (Lipinski definition) is 4. The summed E-state index contributed by atoms with van der Waals surface area (Å²) in [6.45, 7) is 5.86. The van der Waals surface area contributed by atoms with Gasteiger partial charge in [0.1, 0.15) is 0 Å². The van der Waals surface area contributed by atoms with E-state index < -0.39 is 0 Å². The Balaban J connectivity index is 0.00000225. The van der Waals surface area contributed by atoms with Crippen LogP contribution in [0.5, 0.6) is 0 Å². The Bertz CT molecular complexity index is 448. The molecular formula is C18H33ClN4O2. The first-order chi connectivity index (χ1) is 11.7. The Hall–Kier alpha value is -0.850. The smallest absolute Gasteiger partial charge is 0.236 e. The molecule has 3 fully saturated rings. The molecule has 6 nitrogen and oxygen atoms in total. The second kappa shape index (κ2) is 9.74. The Labute approximate surface area is 157 Å². The fraction of sp³-hybridized carbons (Fsp3) is 0.889. The number of nitrogens with one attached hydrogen (secondary N) is 1. The largest absolute Gasteiger partial charge is 0.342 e. The van der Waals surface area contributed by atoms with Crippen molar-refractivity contribution in [3.8, 4) is 0 Å². The van der Waals surface area contributed by atoms with Crippen LogP contribution >= 0.6 is 12.4 Å². The third-order valence-electron chi connectivity index (χ3n) is 5.89. The first-order valence-electron chi connectivity index (χ1n) is 9.63. The quantitative estimate of drug-likeness (QED) is 0.798. The van der Waals surface area contributed by atoms with Gasteiger partial charge >= 0.3 is 0 Å². The number of piperidine rings is 2. The van der Waals surface area contributed by atoms with E-state index in [1.807, 2.05) is 16.8 Å². The van der Waals surface area contributed by atoms with Crippen LogP contribution < -0.4 is 5.32 Å². The molecule has 1 atom stereocenters. The average Bonchev–Trinajstić information content (AvgIpc) is 3.16. The van der Waals surface area contributed by atoms with Crippen molar-refractivity contribution in [3.63, 3.8) is 0 Å². The molecule has 2 amide bonds. The molecular weight excluding hydrogens is 340 g/mol. The molecule has 0 aromatic heterocycles. The van der Waals surface area contributed by atoms with Crippen LogP contribution in [0.2, 0.25) is 0 Å². The molecule has 0 aromatic rings. The molecule has 0 spiro atoms. The molecule has 0 saturated carbocycles. The maximum absolute atomic E-state index is 12.6. The molecule has 1 N–H and O–H groups in total. The zero-order valence-corrected chi connectivity index (χ0v) is 16.2. The zero-order chi connectivity index (χ0) is 16.9. The third kappa shape index (κ3) is 5.31. The predicted octanol–water partition coefficient (Wildman–Crippen LogP) is 0.953. The van der Waals surface area contributed by atoms with Gasteiger partial charge in [0.05, 0.1) is 6.54 Å². The van der Waals surface area contributed by atoms with Crippen molar-refractivity contribution in [3.05, 3.63) is 0 Å².